The van der Waals surface area contributed by atoms with E-state index in [2.05, 4.69) is 36.5 Å². The minimum absolute atomic E-state index is 0.00902. The fourth-order valence-corrected chi connectivity index (χ4v) is 3.49. The maximum Gasteiger partial charge on any atom is 0.243 e. The zero-order valence-electron chi connectivity index (χ0n) is 19.3. The number of nitrogens with one attached hydrogen (secondary N) is 1. The number of benzene rings is 2. The van der Waals surface area contributed by atoms with E-state index in [1.165, 1.54) is 5.56 Å². The number of carbonyl (C=O) groups excluding carboxylic acids is 2. The van der Waals surface area contributed by atoms with Crippen LogP contribution in [0.15, 0.2) is 48.5 Å². The molecule has 2 aromatic carbocycles. The minimum atomic E-state index is -0.491. The SMILES string of the molecule is CC[C@H](C(=O)NC(C)(C)C)N(Cc1ccccc1C)C(=O)CCc1ccc(C)cc1. The first-order chi connectivity index (χ1) is 14.1. The Kier molecular flexibility index (Phi) is 8.22. The van der Waals surface area contributed by atoms with Crippen molar-refractivity contribution in [2.45, 2.75) is 78.9 Å². The van der Waals surface area contributed by atoms with Crippen LogP contribution in [0.3, 0.4) is 0 Å². The number of aryl methyl sites for hydroxylation is 3. The third kappa shape index (κ3) is 7.01. The van der Waals surface area contributed by atoms with Crippen molar-refractivity contribution in [1.82, 2.24) is 10.2 Å². The van der Waals surface area contributed by atoms with Gasteiger partial charge in [-0.3, -0.25) is 9.59 Å². The van der Waals surface area contributed by atoms with E-state index in [4.69, 9.17) is 0 Å². The quantitative estimate of drug-likeness (QED) is 0.671. The van der Waals surface area contributed by atoms with Gasteiger partial charge in [0.15, 0.2) is 0 Å². The third-order valence-electron chi connectivity index (χ3n) is 5.23. The summed E-state index contributed by atoms with van der Waals surface area (Å²) in [5, 5.41) is 3.05. The molecule has 2 rings (SSSR count). The second kappa shape index (κ2) is 10.4. The molecule has 0 saturated carbocycles. The van der Waals surface area contributed by atoms with Gasteiger partial charge in [-0.25, -0.2) is 0 Å². The number of rotatable bonds is 8. The molecule has 1 atom stereocenters. The van der Waals surface area contributed by atoms with Crippen LogP contribution in [-0.4, -0.2) is 28.3 Å². The highest BCUT2D eigenvalue weighted by Crippen LogP contribution is 2.18. The average molecular weight is 409 g/mol. The Morgan fingerprint density at radius 3 is 2.20 bits per heavy atom. The molecular formula is C26H36N2O2. The Balaban J connectivity index is 2.24. The van der Waals surface area contributed by atoms with E-state index in [1.807, 2.05) is 58.9 Å². The Morgan fingerprint density at radius 1 is 1.00 bits per heavy atom. The summed E-state index contributed by atoms with van der Waals surface area (Å²) >= 11 is 0. The molecule has 2 amide bonds. The molecule has 0 bridgehead atoms. The molecule has 30 heavy (non-hydrogen) atoms. The lowest BCUT2D eigenvalue weighted by atomic mass is 10.0. The highest BCUT2D eigenvalue weighted by molar-refractivity contribution is 5.88. The van der Waals surface area contributed by atoms with E-state index in [0.29, 0.717) is 25.8 Å². The summed E-state index contributed by atoms with van der Waals surface area (Å²) in [6, 6.07) is 15.8. The van der Waals surface area contributed by atoms with Crippen molar-refractivity contribution in [2.24, 2.45) is 0 Å². The molecule has 0 saturated heterocycles. The number of amides is 2. The van der Waals surface area contributed by atoms with Gasteiger partial charge in [0, 0.05) is 18.5 Å². The van der Waals surface area contributed by atoms with Gasteiger partial charge in [-0.15, -0.1) is 0 Å². The van der Waals surface area contributed by atoms with Crippen molar-refractivity contribution in [1.29, 1.82) is 0 Å². The van der Waals surface area contributed by atoms with Gasteiger partial charge in [-0.1, -0.05) is 61.0 Å². The van der Waals surface area contributed by atoms with E-state index in [-0.39, 0.29) is 17.4 Å². The molecule has 1 N–H and O–H groups in total. The summed E-state index contributed by atoms with van der Waals surface area (Å²) in [7, 11) is 0. The first kappa shape index (κ1) is 23.7. The Hall–Kier alpha value is -2.62. The molecule has 0 spiro atoms. The van der Waals surface area contributed by atoms with E-state index in [1.54, 1.807) is 4.90 Å². The molecule has 4 heteroatoms. The standard InChI is InChI=1S/C26H36N2O2/c1-7-23(25(30)27-26(4,5)6)28(18-22-11-9-8-10-20(22)3)24(29)17-16-21-14-12-19(2)13-15-21/h8-15,23H,7,16-18H2,1-6H3,(H,27,30)/t23-/m1/s1. The fourth-order valence-electron chi connectivity index (χ4n) is 3.49. The summed E-state index contributed by atoms with van der Waals surface area (Å²) in [6.07, 6.45) is 1.62. The summed E-state index contributed by atoms with van der Waals surface area (Å²) in [5.74, 6) is -0.0861. The maximum atomic E-state index is 13.3. The number of carbonyl (C=O) groups is 2. The van der Waals surface area contributed by atoms with E-state index >= 15 is 0 Å². The van der Waals surface area contributed by atoms with E-state index < -0.39 is 6.04 Å². The van der Waals surface area contributed by atoms with Gasteiger partial charge in [0.1, 0.15) is 6.04 Å². The number of hydrogen-bond donors (Lipinski definition) is 1. The minimum Gasteiger partial charge on any atom is -0.350 e. The monoisotopic (exact) mass is 408 g/mol. The van der Waals surface area contributed by atoms with Gasteiger partial charge in [-0.05, 0) is 64.2 Å². The second-order valence-corrected chi connectivity index (χ2v) is 9.10. The van der Waals surface area contributed by atoms with Crippen LogP contribution in [0.25, 0.3) is 0 Å². The third-order valence-corrected chi connectivity index (χ3v) is 5.23. The molecule has 0 heterocycles. The first-order valence-corrected chi connectivity index (χ1v) is 10.8. The Morgan fingerprint density at radius 2 is 1.63 bits per heavy atom. The average Bonchev–Trinajstić information content (AvgIpc) is 2.67. The molecule has 0 aliphatic heterocycles. The largest absolute Gasteiger partial charge is 0.350 e. The van der Waals surface area contributed by atoms with E-state index in [9.17, 15) is 9.59 Å². The van der Waals surface area contributed by atoms with Crippen LogP contribution >= 0.6 is 0 Å². The topological polar surface area (TPSA) is 49.4 Å². The lowest BCUT2D eigenvalue weighted by Gasteiger charge is -2.33. The molecule has 0 aliphatic carbocycles. The number of hydrogen-bond acceptors (Lipinski definition) is 2. The van der Waals surface area contributed by atoms with Crippen LogP contribution in [0.1, 0.15) is 62.8 Å². The van der Waals surface area contributed by atoms with Crippen LogP contribution in [0.2, 0.25) is 0 Å². The van der Waals surface area contributed by atoms with Crippen LogP contribution in [0, 0.1) is 13.8 Å². The summed E-state index contributed by atoms with van der Waals surface area (Å²) in [5.41, 5.74) is 4.19. The van der Waals surface area contributed by atoms with Gasteiger partial charge in [-0.2, -0.15) is 0 Å². The zero-order chi connectivity index (χ0) is 22.3. The Labute approximate surface area is 181 Å². The Bertz CT molecular complexity index is 850. The molecule has 0 radical (unpaired) electrons. The highest BCUT2D eigenvalue weighted by Gasteiger charge is 2.30. The van der Waals surface area contributed by atoms with Crippen molar-refractivity contribution in [3.63, 3.8) is 0 Å². The molecular weight excluding hydrogens is 372 g/mol. The van der Waals surface area contributed by atoms with Gasteiger partial charge < -0.3 is 10.2 Å². The number of nitrogens with zero attached hydrogens (tertiary/aromatic N) is 1. The van der Waals surface area contributed by atoms with Crippen molar-refractivity contribution in [2.75, 3.05) is 0 Å². The first-order valence-electron chi connectivity index (χ1n) is 10.8. The zero-order valence-corrected chi connectivity index (χ0v) is 19.3. The van der Waals surface area contributed by atoms with Crippen LogP contribution in [0.5, 0.6) is 0 Å². The maximum absolute atomic E-state index is 13.3. The molecule has 162 valence electrons. The molecule has 0 aromatic heterocycles. The highest BCUT2D eigenvalue weighted by atomic mass is 16.2. The van der Waals surface area contributed by atoms with E-state index in [0.717, 1.165) is 16.7 Å². The molecule has 0 unspecified atom stereocenters. The lowest BCUT2D eigenvalue weighted by Crippen LogP contribution is -2.53. The van der Waals surface area contributed by atoms with Crippen molar-refractivity contribution < 1.29 is 9.59 Å². The lowest BCUT2D eigenvalue weighted by molar-refractivity contribution is -0.142. The second-order valence-electron chi connectivity index (χ2n) is 9.10. The molecule has 4 nitrogen and oxygen atoms in total. The fraction of sp³-hybridized carbons (Fsp3) is 0.462. The van der Waals surface area contributed by atoms with Gasteiger partial charge in [0.25, 0.3) is 0 Å². The predicted octanol–water partition coefficient (Wildman–Crippen LogP) is 4.96. The molecule has 0 fully saturated rings. The smallest absolute Gasteiger partial charge is 0.243 e. The van der Waals surface area contributed by atoms with Crippen LogP contribution < -0.4 is 5.32 Å². The van der Waals surface area contributed by atoms with Gasteiger partial charge >= 0.3 is 0 Å². The van der Waals surface area contributed by atoms with Crippen LogP contribution in [0.4, 0.5) is 0 Å². The van der Waals surface area contributed by atoms with Crippen molar-refractivity contribution in [3.8, 4) is 0 Å². The molecule has 2 aromatic rings. The summed E-state index contributed by atoms with van der Waals surface area (Å²) in [6.45, 7) is 12.4. The normalized spacial score (nSPS) is 12.3. The molecule has 0 aliphatic rings. The van der Waals surface area contributed by atoms with Crippen molar-refractivity contribution >= 4 is 11.8 Å². The summed E-state index contributed by atoms with van der Waals surface area (Å²) in [4.78, 5) is 28.1. The van der Waals surface area contributed by atoms with Crippen LogP contribution in [-0.2, 0) is 22.6 Å². The summed E-state index contributed by atoms with van der Waals surface area (Å²) < 4.78 is 0. The van der Waals surface area contributed by atoms with Gasteiger partial charge in [0.2, 0.25) is 11.8 Å². The van der Waals surface area contributed by atoms with Gasteiger partial charge in [0.05, 0.1) is 0 Å². The predicted molar refractivity (Wildman–Crippen MR) is 123 cm³/mol. The van der Waals surface area contributed by atoms with Crippen molar-refractivity contribution in [3.05, 3.63) is 70.8 Å².